The first-order valence-corrected chi connectivity index (χ1v) is 9.35. The maximum absolute atomic E-state index is 12.1. The lowest BCUT2D eigenvalue weighted by molar-refractivity contribution is 0.0169. The number of hydrogen-bond donors (Lipinski definition) is 0. The third kappa shape index (κ3) is 7.02. The van der Waals surface area contributed by atoms with Crippen molar-refractivity contribution in [2.75, 3.05) is 19.7 Å². The summed E-state index contributed by atoms with van der Waals surface area (Å²) < 4.78 is 11.3. The molecule has 1 aliphatic rings. The van der Waals surface area contributed by atoms with Crippen molar-refractivity contribution in [1.29, 1.82) is 0 Å². The molecule has 5 nitrogen and oxygen atoms in total. The molecule has 0 aromatic carbocycles. The van der Waals surface area contributed by atoms with E-state index in [-0.39, 0.29) is 12.2 Å². The van der Waals surface area contributed by atoms with Crippen LogP contribution in [0.15, 0.2) is 24.4 Å². The van der Waals surface area contributed by atoms with Gasteiger partial charge < -0.3 is 14.4 Å². The molecule has 140 valence electrons. The van der Waals surface area contributed by atoms with Crippen molar-refractivity contribution in [2.45, 2.75) is 65.1 Å². The second kappa shape index (κ2) is 9.18. The van der Waals surface area contributed by atoms with Crippen molar-refractivity contribution in [3.05, 3.63) is 30.1 Å². The third-order valence-corrected chi connectivity index (χ3v) is 4.50. The van der Waals surface area contributed by atoms with Crippen molar-refractivity contribution in [1.82, 2.24) is 9.88 Å². The van der Waals surface area contributed by atoms with Gasteiger partial charge in [0.15, 0.2) is 0 Å². The molecule has 5 heteroatoms. The van der Waals surface area contributed by atoms with Crippen molar-refractivity contribution in [3.63, 3.8) is 0 Å². The zero-order valence-electron chi connectivity index (χ0n) is 16.0. The molecule has 2 heterocycles. The number of hydrogen-bond acceptors (Lipinski definition) is 4. The van der Waals surface area contributed by atoms with Crippen molar-refractivity contribution >= 4 is 6.09 Å². The van der Waals surface area contributed by atoms with E-state index in [1.165, 1.54) is 0 Å². The standard InChI is InChI=1S/C20H32N2O3/c1-16(18-9-5-6-12-21-18)24-15-7-8-17-10-13-22(14-11-17)19(23)25-20(2,3)4/h5-6,9,12,16-17H,7-8,10-11,13-15H2,1-4H3. The molecule has 1 atom stereocenters. The van der Waals surface area contributed by atoms with Gasteiger partial charge in [0.25, 0.3) is 0 Å². The normalized spacial score (nSPS) is 17.4. The second-order valence-corrected chi connectivity index (χ2v) is 7.82. The summed E-state index contributed by atoms with van der Waals surface area (Å²) in [5.74, 6) is 0.674. The monoisotopic (exact) mass is 348 g/mol. The van der Waals surface area contributed by atoms with Crippen LogP contribution in [-0.4, -0.2) is 41.3 Å². The van der Waals surface area contributed by atoms with Crippen LogP contribution >= 0.6 is 0 Å². The summed E-state index contributed by atoms with van der Waals surface area (Å²) in [7, 11) is 0. The molecule has 1 saturated heterocycles. The first kappa shape index (κ1) is 19.7. The minimum atomic E-state index is -0.421. The van der Waals surface area contributed by atoms with E-state index in [1.807, 2.05) is 50.8 Å². The number of carbonyl (C=O) groups excluding carboxylic acids is 1. The van der Waals surface area contributed by atoms with Crippen LogP contribution in [0.5, 0.6) is 0 Å². The number of rotatable bonds is 6. The molecule has 0 spiro atoms. The Kier molecular flexibility index (Phi) is 7.24. The molecular formula is C20H32N2O3. The molecule has 1 fully saturated rings. The molecule has 0 radical (unpaired) electrons. The number of carbonyl (C=O) groups is 1. The topological polar surface area (TPSA) is 51.7 Å². The molecule has 2 rings (SSSR count). The highest BCUT2D eigenvalue weighted by Crippen LogP contribution is 2.24. The highest BCUT2D eigenvalue weighted by molar-refractivity contribution is 5.68. The van der Waals surface area contributed by atoms with Crippen molar-refractivity contribution in [3.8, 4) is 0 Å². The first-order valence-electron chi connectivity index (χ1n) is 9.35. The molecule has 1 amide bonds. The summed E-state index contributed by atoms with van der Waals surface area (Å²) in [5.41, 5.74) is 0.559. The van der Waals surface area contributed by atoms with E-state index >= 15 is 0 Å². The van der Waals surface area contributed by atoms with E-state index in [1.54, 1.807) is 6.20 Å². The van der Waals surface area contributed by atoms with Crippen molar-refractivity contribution < 1.29 is 14.3 Å². The van der Waals surface area contributed by atoms with E-state index in [0.717, 1.165) is 51.1 Å². The van der Waals surface area contributed by atoms with E-state index < -0.39 is 5.60 Å². The zero-order valence-corrected chi connectivity index (χ0v) is 16.0. The Bertz CT molecular complexity index is 519. The lowest BCUT2D eigenvalue weighted by Crippen LogP contribution is -2.41. The lowest BCUT2D eigenvalue weighted by atomic mass is 9.92. The summed E-state index contributed by atoms with van der Waals surface area (Å²) >= 11 is 0. The molecule has 0 saturated carbocycles. The maximum Gasteiger partial charge on any atom is 0.410 e. The van der Waals surface area contributed by atoms with Gasteiger partial charge in [-0.1, -0.05) is 6.07 Å². The van der Waals surface area contributed by atoms with Crippen LogP contribution in [0.4, 0.5) is 4.79 Å². The maximum atomic E-state index is 12.1. The summed E-state index contributed by atoms with van der Waals surface area (Å²) in [4.78, 5) is 18.2. The number of nitrogens with zero attached hydrogens (tertiary/aromatic N) is 2. The molecular weight excluding hydrogens is 316 g/mol. The van der Waals surface area contributed by atoms with E-state index in [4.69, 9.17) is 9.47 Å². The summed E-state index contributed by atoms with van der Waals surface area (Å²) in [6, 6.07) is 5.90. The number of piperidine rings is 1. The van der Waals surface area contributed by atoms with Gasteiger partial charge in [0.1, 0.15) is 5.60 Å². The van der Waals surface area contributed by atoms with Crippen LogP contribution in [0.1, 0.15) is 65.2 Å². The number of likely N-dealkylation sites (tertiary alicyclic amines) is 1. The van der Waals surface area contributed by atoms with Crippen LogP contribution in [0.2, 0.25) is 0 Å². The van der Waals surface area contributed by atoms with Crippen molar-refractivity contribution in [2.24, 2.45) is 5.92 Å². The minimum absolute atomic E-state index is 0.0372. The minimum Gasteiger partial charge on any atom is -0.444 e. The smallest absolute Gasteiger partial charge is 0.410 e. The van der Waals surface area contributed by atoms with Gasteiger partial charge in [0.2, 0.25) is 0 Å². The first-order chi connectivity index (χ1) is 11.8. The number of amides is 1. The number of ether oxygens (including phenoxy) is 2. The van der Waals surface area contributed by atoms with Gasteiger partial charge in [-0.25, -0.2) is 4.79 Å². The van der Waals surface area contributed by atoms with Crippen LogP contribution in [-0.2, 0) is 9.47 Å². The Balaban J connectivity index is 1.60. The highest BCUT2D eigenvalue weighted by atomic mass is 16.6. The SMILES string of the molecule is CC(OCCCC1CCN(C(=O)OC(C)(C)C)CC1)c1ccccn1. The fraction of sp³-hybridized carbons (Fsp3) is 0.700. The van der Waals surface area contributed by atoms with Gasteiger partial charge in [-0.05, 0) is 71.4 Å². The number of pyridine rings is 1. The molecule has 25 heavy (non-hydrogen) atoms. The molecule has 0 N–H and O–H groups in total. The summed E-state index contributed by atoms with van der Waals surface area (Å²) in [6.45, 7) is 10.1. The van der Waals surface area contributed by atoms with E-state index in [0.29, 0.717) is 5.92 Å². The van der Waals surface area contributed by atoms with E-state index in [2.05, 4.69) is 4.98 Å². The molecule has 0 bridgehead atoms. The largest absolute Gasteiger partial charge is 0.444 e. The highest BCUT2D eigenvalue weighted by Gasteiger charge is 2.26. The Morgan fingerprint density at radius 2 is 2.04 bits per heavy atom. The average molecular weight is 348 g/mol. The van der Waals surface area contributed by atoms with Crippen LogP contribution in [0.25, 0.3) is 0 Å². The molecule has 1 aromatic heterocycles. The lowest BCUT2D eigenvalue weighted by Gasteiger charge is -2.33. The molecule has 1 aliphatic heterocycles. The van der Waals surface area contributed by atoms with Gasteiger partial charge in [-0.3, -0.25) is 4.98 Å². The Morgan fingerprint density at radius 3 is 2.64 bits per heavy atom. The predicted octanol–water partition coefficient (Wildman–Crippen LogP) is 4.59. The Morgan fingerprint density at radius 1 is 1.32 bits per heavy atom. The number of aromatic nitrogens is 1. The molecule has 1 aromatic rings. The third-order valence-electron chi connectivity index (χ3n) is 4.50. The fourth-order valence-corrected chi connectivity index (χ4v) is 3.06. The Labute approximate surface area is 151 Å². The van der Waals surface area contributed by atoms with Crippen LogP contribution in [0, 0.1) is 5.92 Å². The van der Waals surface area contributed by atoms with E-state index in [9.17, 15) is 4.79 Å². The van der Waals surface area contributed by atoms with Gasteiger partial charge in [0, 0.05) is 25.9 Å². The van der Waals surface area contributed by atoms with Gasteiger partial charge >= 0.3 is 6.09 Å². The fourth-order valence-electron chi connectivity index (χ4n) is 3.06. The Hall–Kier alpha value is -1.62. The molecule has 1 unspecified atom stereocenters. The van der Waals surface area contributed by atoms with Crippen LogP contribution in [0.3, 0.4) is 0 Å². The average Bonchev–Trinajstić information content (AvgIpc) is 2.58. The summed E-state index contributed by atoms with van der Waals surface area (Å²) in [6.07, 6.45) is 5.96. The quantitative estimate of drug-likeness (QED) is 0.706. The van der Waals surface area contributed by atoms with Gasteiger partial charge in [0.05, 0.1) is 11.8 Å². The summed E-state index contributed by atoms with van der Waals surface area (Å²) in [5, 5.41) is 0. The second-order valence-electron chi connectivity index (χ2n) is 7.82. The molecule has 0 aliphatic carbocycles. The van der Waals surface area contributed by atoms with Gasteiger partial charge in [-0.2, -0.15) is 0 Å². The van der Waals surface area contributed by atoms with Crippen LogP contribution < -0.4 is 0 Å². The zero-order chi connectivity index (χ0) is 18.3. The van der Waals surface area contributed by atoms with Gasteiger partial charge in [-0.15, -0.1) is 0 Å². The predicted molar refractivity (Wildman–Crippen MR) is 98.4 cm³/mol.